The minimum Gasteiger partial charge on any atom is -0.504 e. The van der Waals surface area contributed by atoms with Gasteiger partial charge in [0.25, 0.3) is 0 Å². The van der Waals surface area contributed by atoms with E-state index in [1.165, 1.54) is 36.0 Å². The fraction of sp³-hybridized carbons (Fsp3) is 0.294. The molecular formula is C17H15Cl2F3O2S. The molecule has 0 saturated heterocycles. The van der Waals surface area contributed by atoms with Crippen molar-refractivity contribution in [3.8, 4) is 11.5 Å². The Bertz CT molecular complexity index is 683. The molecule has 136 valence electrons. The number of ether oxygens (including phenoxy) is 1. The molecule has 0 unspecified atom stereocenters. The summed E-state index contributed by atoms with van der Waals surface area (Å²) >= 11 is 13.2. The zero-order valence-electron chi connectivity index (χ0n) is 12.9. The first kappa shape index (κ1) is 20.1. The fourth-order valence-electron chi connectivity index (χ4n) is 2.00. The van der Waals surface area contributed by atoms with Gasteiger partial charge >= 0.3 is 6.18 Å². The molecule has 2 aromatic carbocycles. The highest BCUT2D eigenvalue weighted by Crippen LogP contribution is 2.37. The topological polar surface area (TPSA) is 29.5 Å². The second-order valence-corrected chi connectivity index (χ2v) is 7.17. The number of phenolic OH excluding ortho intramolecular Hbond substituents is 1. The quantitative estimate of drug-likeness (QED) is 0.408. The van der Waals surface area contributed by atoms with Crippen LogP contribution in [0.2, 0.25) is 10.0 Å². The van der Waals surface area contributed by atoms with E-state index in [2.05, 4.69) is 0 Å². The number of alkyl halides is 3. The van der Waals surface area contributed by atoms with Crippen molar-refractivity contribution in [2.45, 2.75) is 23.9 Å². The number of thioether (sulfide) groups is 1. The molecule has 8 heteroatoms. The molecule has 0 radical (unpaired) electrons. The number of rotatable bonds is 7. The molecule has 0 atom stereocenters. The second kappa shape index (κ2) is 8.92. The Morgan fingerprint density at radius 3 is 2.32 bits per heavy atom. The van der Waals surface area contributed by atoms with Crippen LogP contribution in [-0.4, -0.2) is 17.5 Å². The lowest BCUT2D eigenvalue weighted by Gasteiger charge is -2.10. The van der Waals surface area contributed by atoms with E-state index in [1.807, 2.05) is 0 Å². The van der Waals surface area contributed by atoms with E-state index in [4.69, 9.17) is 27.9 Å². The molecule has 0 amide bonds. The van der Waals surface area contributed by atoms with Crippen LogP contribution < -0.4 is 4.74 Å². The highest BCUT2D eigenvalue weighted by molar-refractivity contribution is 7.99. The van der Waals surface area contributed by atoms with E-state index in [9.17, 15) is 18.3 Å². The predicted octanol–water partition coefficient (Wildman–Crippen LogP) is 6.67. The van der Waals surface area contributed by atoms with Crippen LogP contribution in [0, 0.1) is 0 Å². The van der Waals surface area contributed by atoms with Gasteiger partial charge in [0.2, 0.25) is 0 Å². The molecule has 0 fully saturated rings. The summed E-state index contributed by atoms with van der Waals surface area (Å²) in [7, 11) is 0. The maximum Gasteiger partial charge on any atom is 0.416 e. The summed E-state index contributed by atoms with van der Waals surface area (Å²) < 4.78 is 42.9. The van der Waals surface area contributed by atoms with Crippen molar-refractivity contribution in [3.05, 3.63) is 52.0 Å². The SMILES string of the molecule is Oc1cc(Cl)cc(Cl)c1OCCCCSc1ccc(C(F)(F)F)cc1. The van der Waals surface area contributed by atoms with Crippen molar-refractivity contribution >= 4 is 35.0 Å². The summed E-state index contributed by atoms with van der Waals surface area (Å²) in [5, 5.41) is 10.3. The van der Waals surface area contributed by atoms with Crippen molar-refractivity contribution in [3.63, 3.8) is 0 Å². The van der Waals surface area contributed by atoms with Gasteiger partial charge in [0.1, 0.15) is 0 Å². The minimum atomic E-state index is -4.31. The number of unbranched alkanes of at least 4 members (excludes halogenated alkanes) is 1. The molecule has 0 aliphatic carbocycles. The van der Waals surface area contributed by atoms with Gasteiger partial charge in [-0.05, 0) is 48.9 Å². The third-order valence-corrected chi connectivity index (χ3v) is 4.82. The Morgan fingerprint density at radius 2 is 1.72 bits per heavy atom. The Kier molecular flexibility index (Phi) is 7.16. The van der Waals surface area contributed by atoms with E-state index < -0.39 is 11.7 Å². The normalized spacial score (nSPS) is 11.6. The van der Waals surface area contributed by atoms with Gasteiger partial charge in [-0.1, -0.05) is 23.2 Å². The molecule has 0 aromatic heterocycles. The number of benzene rings is 2. The molecule has 25 heavy (non-hydrogen) atoms. The maximum absolute atomic E-state index is 12.5. The summed E-state index contributed by atoms with van der Waals surface area (Å²) in [6, 6.07) is 7.93. The van der Waals surface area contributed by atoms with Crippen LogP contribution in [0.1, 0.15) is 18.4 Å². The van der Waals surface area contributed by atoms with Crippen LogP contribution >= 0.6 is 35.0 Å². The van der Waals surface area contributed by atoms with Gasteiger partial charge in [-0.15, -0.1) is 11.8 Å². The van der Waals surface area contributed by atoms with Gasteiger partial charge in [0.05, 0.1) is 17.2 Å². The summed E-state index contributed by atoms with van der Waals surface area (Å²) in [5.74, 6) is 0.827. The van der Waals surface area contributed by atoms with Crippen LogP contribution in [0.5, 0.6) is 11.5 Å². The first-order chi connectivity index (χ1) is 11.8. The number of aromatic hydroxyl groups is 1. The van der Waals surface area contributed by atoms with Gasteiger partial charge in [0.15, 0.2) is 11.5 Å². The lowest BCUT2D eigenvalue weighted by atomic mass is 10.2. The van der Waals surface area contributed by atoms with Crippen molar-refractivity contribution in [2.24, 2.45) is 0 Å². The largest absolute Gasteiger partial charge is 0.504 e. The predicted molar refractivity (Wildman–Crippen MR) is 95.0 cm³/mol. The number of halogens is 5. The fourth-order valence-corrected chi connectivity index (χ4v) is 3.45. The third-order valence-electron chi connectivity index (χ3n) is 3.22. The van der Waals surface area contributed by atoms with E-state index in [0.717, 1.165) is 29.2 Å². The molecule has 2 rings (SSSR count). The monoisotopic (exact) mass is 410 g/mol. The van der Waals surface area contributed by atoms with Gasteiger partial charge in [-0.25, -0.2) is 0 Å². The first-order valence-electron chi connectivity index (χ1n) is 7.38. The molecule has 0 aliphatic rings. The van der Waals surface area contributed by atoms with E-state index in [1.54, 1.807) is 0 Å². The molecule has 2 nitrogen and oxygen atoms in total. The Balaban J connectivity index is 1.70. The maximum atomic E-state index is 12.5. The third kappa shape index (κ3) is 6.20. The van der Waals surface area contributed by atoms with Crippen LogP contribution in [0.25, 0.3) is 0 Å². The van der Waals surface area contributed by atoms with Crippen LogP contribution in [-0.2, 0) is 6.18 Å². The zero-order chi connectivity index (χ0) is 18.4. The highest BCUT2D eigenvalue weighted by atomic mass is 35.5. The minimum absolute atomic E-state index is 0.114. The van der Waals surface area contributed by atoms with Crippen molar-refractivity contribution < 1.29 is 23.0 Å². The highest BCUT2D eigenvalue weighted by Gasteiger charge is 2.29. The number of hydrogen-bond acceptors (Lipinski definition) is 3. The van der Waals surface area contributed by atoms with Crippen LogP contribution in [0.4, 0.5) is 13.2 Å². The summed E-state index contributed by atoms with van der Waals surface area (Å²) in [6.45, 7) is 0.364. The second-order valence-electron chi connectivity index (χ2n) is 5.16. The molecular weight excluding hydrogens is 396 g/mol. The van der Waals surface area contributed by atoms with Crippen molar-refractivity contribution in [1.82, 2.24) is 0 Å². The van der Waals surface area contributed by atoms with Gasteiger partial charge in [-0.2, -0.15) is 13.2 Å². The van der Waals surface area contributed by atoms with E-state index in [0.29, 0.717) is 18.1 Å². The molecule has 0 aliphatic heterocycles. The average Bonchev–Trinajstić information content (AvgIpc) is 2.52. The van der Waals surface area contributed by atoms with Gasteiger partial charge < -0.3 is 9.84 Å². The lowest BCUT2D eigenvalue weighted by Crippen LogP contribution is -2.03. The summed E-state index contributed by atoms with van der Waals surface area (Å²) in [5.41, 5.74) is -0.648. The van der Waals surface area contributed by atoms with Crippen molar-refractivity contribution in [1.29, 1.82) is 0 Å². The molecule has 1 N–H and O–H groups in total. The van der Waals surface area contributed by atoms with Crippen LogP contribution in [0.3, 0.4) is 0 Å². The molecule has 0 heterocycles. The number of hydrogen-bond donors (Lipinski definition) is 1. The standard InChI is InChI=1S/C17H15Cl2F3O2S/c18-12-9-14(19)16(15(23)10-12)24-7-1-2-8-25-13-5-3-11(4-6-13)17(20,21)22/h3-6,9-10,23H,1-2,7-8H2. The Hall–Kier alpha value is -1.24. The summed E-state index contributed by atoms with van der Waals surface area (Å²) in [6.07, 6.45) is -2.79. The first-order valence-corrected chi connectivity index (χ1v) is 9.12. The van der Waals surface area contributed by atoms with Gasteiger partial charge in [-0.3, -0.25) is 0 Å². The molecule has 0 spiro atoms. The van der Waals surface area contributed by atoms with E-state index in [-0.39, 0.29) is 16.5 Å². The van der Waals surface area contributed by atoms with Gasteiger partial charge in [0, 0.05) is 16.0 Å². The molecule has 0 saturated carbocycles. The molecule has 2 aromatic rings. The van der Waals surface area contributed by atoms with E-state index >= 15 is 0 Å². The smallest absolute Gasteiger partial charge is 0.416 e. The average molecular weight is 411 g/mol. The summed E-state index contributed by atoms with van der Waals surface area (Å²) in [4.78, 5) is 0.785. The van der Waals surface area contributed by atoms with Crippen molar-refractivity contribution in [2.75, 3.05) is 12.4 Å². The molecule has 0 bridgehead atoms. The Morgan fingerprint density at radius 1 is 1.04 bits per heavy atom. The lowest BCUT2D eigenvalue weighted by molar-refractivity contribution is -0.137. The zero-order valence-corrected chi connectivity index (χ0v) is 15.3. The van der Waals surface area contributed by atoms with Crippen LogP contribution in [0.15, 0.2) is 41.3 Å². The Labute approximate surface area is 157 Å². The number of phenols is 1.